The van der Waals surface area contributed by atoms with E-state index >= 15 is 0 Å². The summed E-state index contributed by atoms with van der Waals surface area (Å²) in [6.07, 6.45) is -26.7. The molecule has 0 heterocycles. The number of ether oxygens (including phenoxy) is 2. The van der Waals surface area contributed by atoms with Crippen molar-refractivity contribution in [2.75, 3.05) is 0 Å². The summed E-state index contributed by atoms with van der Waals surface area (Å²) in [5, 5.41) is 7.69. The van der Waals surface area contributed by atoms with Crippen molar-refractivity contribution in [1.82, 2.24) is 0 Å². The van der Waals surface area contributed by atoms with Crippen LogP contribution in [0.1, 0.15) is 0 Å². The van der Waals surface area contributed by atoms with Crippen molar-refractivity contribution in [2.45, 2.75) is 36.1 Å². The van der Waals surface area contributed by atoms with Gasteiger partial charge in [0.15, 0.2) is 0 Å². The van der Waals surface area contributed by atoms with Crippen molar-refractivity contribution in [2.24, 2.45) is 0 Å². The molecule has 0 spiro atoms. The minimum atomic E-state index is -7.71. The van der Waals surface area contributed by atoms with Crippen LogP contribution in [0.2, 0.25) is 0 Å². The fourth-order valence-electron chi connectivity index (χ4n) is 1.06. The quantitative estimate of drug-likeness (QED) is 0.419. The molecule has 1 atom stereocenters. The van der Waals surface area contributed by atoms with Crippen LogP contribution in [0.4, 0.5) is 65.9 Å². The van der Waals surface area contributed by atoms with E-state index in [4.69, 9.17) is 5.11 Å². The van der Waals surface area contributed by atoms with E-state index in [1.54, 1.807) is 0 Å². The number of hydrogen-bond donors (Lipinski definition) is 1. The molecular formula is C9HF15O4. The van der Waals surface area contributed by atoms with Crippen LogP contribution < -0.4 is 0 Å². The summed E-state index contributed by atoms with van der Waals surface area (Å²) in [4.78, 5) is 9.85. The van der Waals surface area contributed by atoms with Crippen LogP contribution >= 0.6 is 0 Å². The van der Waals surface area contributed by atoms with Gasteiger partial charge in [0.25, 0.3) is 0 Å². The van der Waals surface area contributed by atoms with Gasteiger partial charge < -0.3 is 9.84 Å². The zero-order chi connectivity index (χ0) is 23.1. The first kappa shape index (κ1) is 25.9. The minimum Gasteiger partial charge on any atom is -0.477 e. The van der Waals surface area contributed by atoms with E-state index in [9.17, 15) is 70.7 Å². The topological polar surface area (TPSA) is 55.8 Å². The number of aliphatic carboxylic acids is 1. The molecule has 0 rings (SSSR count). The first-order chi connectivity index (χ1) is 12.0. The molecular weight excluding hydrogens is 457 g/mol. The molecule has 0 radical (unpaired) electrons. The largest absolute Gasteiger partial charge is 0.477 e. The van der Waals surface area contributed by atoms with Crippen LogP contribution in [-0.2, 0) is 14.3 Å². The molecule has 0 saturated heterocycles. The van der Waals surface area contributed by atoms with E-state index in [-0.39, 0.29) is 0 Å². The third-order valence-electron chi connectivity index (χ3n) is 2.40. The highest BCUT2D eigenvalue weighted by Gasteiger charge is 2.85. The number of carbonyl (C=O) groups is 1. The van der Waals surface area contributed by atoms with Crippen molar-refractivity contribution in [3.05, 3.63) is 12.1 Å². The van der Waals surface area contributed by atoms with Crippen molar-refractivity contribution in [3.8, 4) is 0 Å². The minimum absolute atomic E-state index is 1.41. The molecule has 0 saturated carbocycles. The predicted molar refractivity (Wildman–Crippen MR) is 49.8 cm³/mol. The van der Waals surface area contributed by atoms with Gasteiger partial charge >= 0.3 is 54.2 Å². The normalized spacial score (nSPS) is 16.4. The lowest BCUT2D eigenvalue weighted by molar-refractivity contribution is -0.524. The van der Waals surface area contributed by atoms with Gasteiger partial charge in [0.05, 0.1) is 0 Å². The molecule has 4 nitrogen and oxygen atoms in total. The van der Waals surface area contributed by atoms with Gasteiger partial charge in [-0.15, -0.1) is 0 Å². The maximum absolute atomic E-state index is 13.5. The van der Waals surface area contributed by atoms with Crippen molar-refractivity contribution >= 4 is 5.97 Å². The van der Waals surface area contributed by atoms with Gasteiger partial charge in [0, 0.05) is 0 Å². The first-order valence-corrected chi connectivity index (χ1v) is 5.58. The lowest BCUT2D eigenvalue weighted by Crippen LogP contribution is -2.66. The standard InChI is InChI=1S/C9HF15O4/c10-1(11)2(12)27-9(23,24)6(17,7(18,19)20)28-8(21,22)5(15,16)4(13,14)3(25)26/h(H,25,26). The smallest absolute Gasteiger partial charge is 0.471 e. The van der Waals surface area contributed by atoms with Crippen LogP contribution in [0, 0.1) is 0 Å². The van der Waals surface area contributed by atoms with Crippen molar-refractivity contribution < 1.29 is 85.2 Å². The Hall–Kier alpha value is -2.08. The number of hydrogen-bond acceptors (Lipinski definition) is 3. The van der Waals surface area contributed by atoms with Gasteiger partial charge in [0.2, 0.25) is 0 Å². The molecule has 0 aromatic heterocycles. The molecule has 28 heavy (non-hydrogen) atoms. The maximum Gasteiger partial charge on any atom is 0.471 e. The van der Waals surface area contributed by atoms with Gasteiger partial charge in [-0.25, -0.2) is 4.79 Å². The van der Waals surface area contributed by atoms with Gasteiger partial charge in [0.1, 0.15) is 0 Å². The van der Waals surface area contributed by atoms with Crippen molar-refractivity contribution in [1.29, 1.82) is 0 Å². The average molecular weight is 458 g/mol. The third-order valence-corrected chi connectivity index (χ3v) is 2.40. The molecule has 0 aliphatic heterocycles. The molecule has 0 aromatic rings. The van der Waals surface area contributed by atoms with Crippen LogP contribution in [0.15, 0.2) is 12.1 Å². The molecule has 0 fully saturated rings. The van der Waals surface area contributed by atoms with E-state index < -0.39 is 54.2 Å². The lowest BCUT2D eigenvalue weighted by atomic mass is 10.1. The molecule has 0 bridgehead atoms. The Morgan fingerprint density at radius 3 is 1.39 bits per heavy atom. The third kappa shape index (κ3) is 4.17. The summed E-state index contributed by atoms with van der Waals surface area (Å²) in [5.41, 5.74) is 0. The summed E-state index contributed by atoms with van der Waals surface area (Å²) >= 11 is 0. The monoisotopic (exact) mass is 458 g/mol. The second kappa shape index (κ2) is 7.07. The molecule has 166 valence electrons. The molecule has 0 aliphatic carbocycles. The summed E-state index contributed by atoms with van der Waals surface area (Å²) in [5.74, 6) is -26.5. The van der Waals surface area contributed by atoms with Gasteiger partial charge in [-0.1, -0.05) is 0 Å². The Morgan fingerprint density at radius 1 is 0.714 bits per heavy atom. The van der Waals surface area contributed by atoms with E-state index in [0.717, 1.165) is 0 Å². The van der Waals surface area contributed by atoms with E-state index in [0.29, 0.717) is 0 Å². The van der Waals surface area contributed by atoms with Crippen LogP contribution in [-0.4, -0.2) is 47.2 Å². The highest BCUT2D eigenvalue weighted by Crippen LogP contribution is 2.55. The van der Waals surface area contributed by atoms with Gasteiger partial charge in [-0.3, -0.25) is 4.74 Å². The van der Waals surface area contributed by atoms with Crippen LogP contribution in [0.3, 0.4) is 0 Å². The maximum atomic E-state index is 13.5. The number of carboxylic acid groups (broad SMARTS) is 1. The summed E-state index contributed by atoms with van der Waals surface area (Å²) in [6, 6.07) is -4.02. The van der Waals surface area contributed by atoms with Crippen LogP contribution in [0.5, 0.6) is 0 Å². The fourth-order valence-corrected chi connectivity index (χ4v) is 1.06. The molecule has 1 N–H and O–H groups in total. The summed E-state index contributed by atoms with van der Waals surface area (Å²) in [7, 11) is 0. The molecule has 0 aliphatic rings. The second-order valence-electron chi connectivity index (χ2n) is 4.32. The van der Waals surface area contributed by atoms with E-state index in [1.165, 1.54) is 4.74 Å². The highest BCUT2D eigenvalue weighted by molar-refractivity contribution is 5.76. The van der Waals surface area contributed by atoms with Gasteiger partial charge in [-0.05, 0) is 0 Å². The summed E-state index contributed by atoms with van der Waals surface area (Å²) < 4.78 is 192. The Bertz CT molecular complexity index is 634. The molecule has 1 unspecified atom stereocenters. The van der Waals surface area contributed by atoms with Crippen LogP contribution in [0.25, 0.3) is 0 Å². The summed E-state index contributed by atoms with van der Waals surface area (Å²) in [6.45, 7) is 0. The predicted octanol–water partition coefficient (Wildman–Crippen LogP) is 4.82. The number of rotatable bonds is 8. The van der Waals surface area contributed by atoms with Gasteiger partial charge in [-0.2, -0.15) is 65.9 Å². The highest BCUT2D eigenvalue weighted by atomic mass is 19.4. The fraction of sp³-hybridized carbons (Fsp3) is 0.667. The Labute approximate surface area is 141 Å². The van der Waals surface area contributed by atoms with E-state index in [1.807, 2.05) is 4.74 Å². The number of carboxylic acids is 1. The lowest BCUT2D eigenvalue weighted by Gasteiger charge is -2.38. The zero-order valence-electron chi connectivity index (χ0n) is 11.8. The Morgan fingerprint density at radius 2 is 1.11 bits per heavy atom. The SMILES string of the molecule is O=C(O)C(F)(F)C(F)(F)C(F)(F)OC(F)(C(F)(F)F)C(F)(F)OC(F)=C(F)F. The molecule has 19 heteroatoms. The number of halogens is 15. The first-order valence-electron chi connectivity index (χ1n) is 5.58. The molecule has 0 aromatic carbocycles. The van der Waals surface area contributed by atoms with Crippen molar-refractivity contribution in [3.63, 3.8) is 0 Å². The Balaban J connectivity index is 6.43. The Kier molecular flexibility index (Phi) is 6.54. The second-order valence-corrected chi connectivity index (χ2v) is 4.32. The molecule has 0 amide bonds. The number of alkyl halides is 12. The zero-order valence-corrected chi connectivity index (χ0v) is 11.8. The van der Waals surface area contributed by atoms with E-state index in [2.05, 4.69) is 0 Å². The average Bonchev–Trinajstić information content (AvgIpc) is 2.43.